The van der Waals surface area contributed by atoms with Crippen LogP contribution < -0.4 is 14.8 Å². The molecule has 0 spiro atoms. The first-order valence-corrected chi connectivity index (χ1v) is 6.07. The maximum absolute atomic E-state index is 11.8. The zero-order chi connectivity index (χ0) is 14.7. The number of hydrogen-bond acceptors (Lipinski definition) is 4. The predicted molar refractivity (Wildman–Crippen MR) is 70.6 cm³/mol. The standard InChI is InChI=1S/C14H15NO5/c1-8(13(16)15-9(2)14(17)18)5-10-3-4-11-12(6-10)20-7-19-11/h3-4,6,9H,1,5,7H2,2H3,(H,15,16)(H,17,18)/t9-/m0/s1. The number of rotatable bonds is 5. The van der Waals surface area contributed by atoms with E-state index in [-0.39, 0.29) is 12.4 Å². The Morgan fingerprint density at radius 3 is 2.80 bits per heavy atom. The number of carbonyl (C=O) groups is 2. The van der Waals surface area contributed by atoms with Gasteiger partial charge < -0.3 is 19.9 Å². The van der Waals surface area contributed by atoms with Gasteiger partial charge in [0.15, 0.2) is 11.5 Å². The molecule has 20 heavy (non-hydrogen) atoms. The summed E-state index contributed by atoms with van der Waals surface area (Å²) in [6.45, 7) is 5.27. The van der Waals surface area contributed by atoms with Gasteiger partial charge >= 0.3 is 5.97 Å². The van der Waals surface area contributed by atoms with Gasteiger partial charge in [-0.25, -0.2) is 0 Å². The van der Waals surface area contributed by atoms with Crippen LogP contribution in [0, 0.1) is 0 Å². The zero-order valence-electron chi connectivity index (χ0n) is 11.0. The van der Waals surface area contributed by atoms with Gasteiger partial charge in [0.2, 0.25) is 12.7 Å². The second kappa shape index (κ2) is 5.64. The maximum Gasteiger partial charge on any atom is 0.325 e. The summed E-state index contributed by atoms with van der Waals surface area (Å²) in [5.41, 5.74) is 1.13. The first-order valence-electron chi connectivity index (χ1n) is 6.07. The van der Waals surface area contributed by atoms with E-state index in [0.29, 0.717) is 17.9 Å². The van der Waals surface area contributed by atoms with Gasteiger partial charge in [0.05, 0.1) is 0 Å². The third-order valence-corrected chi connectivity index (χ3v) is 2.89. The molecule has 2 N–H and O–H groups in total. The lowest BCUT2D eigenvalue weighted by atomic mass is 10.1. The van der Waals surface area contributed by atoms with Gasteiger partial charge in [0.25, 0.3) is 0 Å². The summed E-state index contributed by atoms with van der Waals surface area (Å²) in [5.74, 6) is -0.260. The molecule has 1 aromatic carbocycles. The fourth-order valence-corrected chi connectivity index (χ4v) is 1.74. The van der Waals surface area contributed by atoms with Crippen LogP contribution in [0.4, 0.5) is 0 Å². The minimum Gasteiger partial charge on any atom is -0.480 e. The third-order valence-electron chi connectivity index (χ3n) is 2.89. The SMILES string of the molecule is C=C(Cc1ccc2c(c1)OCO2)C(=O)N[C@@H](C)C(=O)O. The average Bonchev–Trinajstić information content (AvgIpc) is 2.85. The number of carbonyl (C=O) groups excluding carboxylic acids is 1. The summed E-state index contributed by atoms with van der Waals surface area (Å²) in [7, 11) is 0. The largest absolute Gasteiger partial charge is 0.480 e. The van der Waals surface area contributed by atoms with Crippen LogP contribution in [0.1, 0.15) is 12.5 Å². The third kappa shape index (κ3) is 3.09. The molecular weight excluding hydrogens is 262 g/mol. The molecule has 1 aliphatic rings. The van der Waals surface area contributed by atoms with Crippen LogP contribution in [-0.2, 0) is 16.0 Å². The van der Waals surface area contributed by atoms with Crippen LogP contribution in [0.15, 0.2) is 30.4 Å². The minimum atomic E-state index is -1.09. The van der Waals surface area contributed by atoms with Crippen LogP contribution in [-0.4, -0.2) is 29.8 Å². The molecule has 0 aliphatic carbocycles. The van der Waals surface area contributed by atoms with Gasteiger partial charge in [0, 0.05) is 12.0 Å². The van der Waals surface area contributed by atoms with Crippen molar-refractivity contribution < 1.29 is 24.2 Å². The van der Waals surface area contributed by atoms with Crippen molar-refractivity contribution in [1.82, 2.24) is 5.32 Å². The molecule has 6 heteroatoms. The van der Waals surface area contributed by atoms with Crippen LogP contribution in [0.2, 0.25) is 0 Å². The lowest BCUT2D eigenvalue weighted by molar-refractivity contribution is -0.140. The van der Waals surface area contributed by atoms with E-state index in [2.05, 4.69) is 11.9 Å². The molecular formula is C14H15NO5. The molecule has 0 unspecified atom stereocenters. The first kappa shape index (κ1) is 13.9. The van der Waals surface area contributed by atoms with Gasteiger partial charge in [-0.3, -0.25) is 9.59 Å². The van der Waals surface area contributed by atoms with Crippen molar-refractivity contribution in [3.05, 3.63) is 35.9 Å². The molecule has 0 fully saturated rings. The predicted octanol–water partition coefficient (Wildman–Crippen LogP) is 1.10. The highest BCUT2D eigenvalue weighted by atomic mass is 16.7. The Bertz CT molecular complexity index is 567. The van der Waals surface area contributed by atoms with E-state index in [1.54, 1.807) is 12.1 Å². The zero-order valence-corrected chi connectivity index (χ0v) is 11.0. The lowest BCUT2D eigenvalue weighted by Gasteiger charge is -2.11. The molecule has 1 aromatic rings. The van der Waals surface area contributed by atoms with E-state index in [4.69, 9.17) is 14.6 Å². The minimum absolute atomic E-state index is 0.191. The van der Waals surface area contributed by atoms with Crippen molar-refractivity contribution in [2.45, 2.75) is 19.4 Å². The number of ether oxygens (including phenoxy) is 2. The van der Waals surface area contributed by atoms with Gasteiger partial charge in [-0.2, -0.15) is 0 Å². The Morgan fingerprint density at radius 2 is 2.10 bits per heavy atom. The van der Waals surface area contributed by atoms with Crippen molar-refractivity contribution >= 4 is 11.9 Å². The smallest absolute Gasteiger partial charge is 0.325 e. The molecule has 0 saturated carbocycles. The van der Waals surface area contributed by atoms with Crippen molar-refractivity contribution in [2.24, 2.45) is 0 Å². The normalized spacial score (nSPS) is 13.7. The van der Waals surface area contributed by atoms with Gasteiger partial charge in [-0.15, -0.1) is 0 Å². The van der Waals surface area contributed by atoms with E-state index < -0.39 is 17.9 Å². The molecule has 1 heterocycles. The molecule has 106 valence electrons. The highest BCUT2D eigenvalue weighted by molar-refractivity contribution is 5.95. The Kier molecular flexibility index (Phi) is 3.93. The summed E-state index contributed by atoms with van der Waals surface area (Å²) in [5, 5.41) is 11.1. The fraction of sp³-hybridized carbons (Fsp3) is 0.286. The highest BCUT2D eigenvalue weighted by Crippen LogP contribution is 2.32. The molecule has 0 aromatic heterocycles. The number of carboxylic acid groups (broad SMARTS) is 1. The van der Waals surface area contributed by atoms with E-state index in [9.17, 15) is 9.59 Å². The first-order chi connectivity index (χ1) is 9.47. The second-order valence-corrected chi connectivity index (χ2v) is 4.50. The number of amides is 1. The number of fused-ring (bicyclic) bond motifs is 1. The van der Waals surface area contributed by atoms with Crippen molar-refractivity contribution in [1.29, 1.82) is 0 Å². The van der Waals surface area contributed by atoms with E-state index >= 15 is 0 Å². The Morgan fingerprint density at radius 1 is 1.40 bits per heavy atom. The van der Waals surface area contributed by atoms with Crippen LogP contribution in [0.5, 0.6) is 11.5 Å². The van der Waals surface area contributed by atoms with Crippen LogP contribution in [0.25, 0.3) is 0 Å². The maximum atomic E-state index is 11.8. The van der Waals surface area contributed by atoms with Crippen LogP contribution in [0.3, 0.4) is 0 Å². The molecule has 1 amide bonds. The van der Waals surface area contributed by atoms with Crippen LogP contribution >= 0.6 is 0 Å². The number of aliphatic carboxylic acids is 1. The average molecular weight is 277 g/mol. The quantitative estimate of drug-likeness (QED) is 0.787. The lowest BCUT2D eigenvalue weighted by Crippen LogP contribution is -2.39. The number of hydrogen-bond donors (Lipinski definition) is 2. The van der Waals surface area contributed by atoms with Crippen molar-refractivity contribution in [3.8, 4) is 11.5 Å². The Hall–Kier alpha value is -2.50. The highest BCUT2D eigenvalue weighted by Gasteiger charge is 2.18. The summed E-state index contributed by atoms with van der Waals surface area (Å²) in [6.07, 6.45) is 0.314. The fourth-order valence-electron chi connectivity index (χ4n) is 1.74. The summed E-state index contributed by atoms with van der Waals surface area (Å²) < 4.78 is 10.4. The molecule has 2 rings (SSSR count). The van der Waals surface area contributed by atoms with Gasteiger partial charge in [-0.05, 0) is 24.6 Å². The second-order valence-electron chi connectivity index (χ2n) is 4.50. The number of nitrogens with one attached hydrogen (secondary N) is 1. The summed E-state index contributed by atoms with van der Waals surface area (Å²) >= 11 is 0. The number of carboxylic acids is 1. The molecule has 0 bridgehead atoms. The summed E-state index contributed by atoms with van der Waals surface area (Å²) in [4.78, 5) is 22.4. The summed E-state index contributed by atoms with van der Waals surface area (Å²) in [6, 6.07) is 4.41. The van der Waals surface area contributed by atoms with E-state index in [0.717, 1.165) is 5.56 Å². The molecule has 0 saturated heterocycles. The molecule has 0 radical (unpaired) electrons. The molecule has 6 nitrogen and oxygen atoms in total. The Labute approximate surface area is 116 Å². The molecule has 1 atom stereocenters. The van der Waals surface area contributed by atoms with E-state index in [1.807, 2.05) is 6.07 Å². The topological polar surface area (TPSA) is 84.9 Å². The Balaban J connectivity index is 1.97. The van der Waals surface area contributed by atoms with Crippen molar-refractivity contribution in [3.63, 3.8) is 0 Å². The van der Waals surface area contributed by atoms with Gasteiger partial charge in [0.1, 0.15) is 6.04 Å². The van der Waals surface area contributed by atoms with Crippen molar-refractivity contribution in [2.75, 3.05) is 6.79 Å². The van der Waals surface area contributed by atoms with E-state index in [1.165, 1.54) is 6.92 Å². The molecule has 1 aliphatic heterocycles. The van der Waals surface area contributed by atoms with Gasteiger partial charge in [-0.1, -0.05) is 12.6 Å². The monoisotopic (exact) mass is 277 g/mol. The number of benzene rings is 1.